The Balaban J connectivity index is 0. The van der Waals surface area contributed by atoms with Crippen LogP contribution < -0.4 is 16.6 Å². The number of aliphatic imine (C=N–C) groups is 1. The molecule has 0 radical (unpaired) electrons. The zero-order valence-electron chi connectivity index (χ0n) is 11.1. The lowest BCUT2D eigenvalue weighted by Gasteiger charge is -2.18. The molecule has 0 saturated carbocycles. The zero-order chi connectivity index (χ0) is 12.4. The van der Waals surface area contributed by atoms with E-state index in [0.717, 1.165) is 19.3 Å². The molecule has 0 aliphatic heterocycles. The summed E-state index contributed by atoms with van der Waals surface area (Å²) in [5, 5.41) is 3.17. The van der Waals surface area contributed by atoms with Crippen molar-refractivity contribution in [1.82, 2.24) is 15.6 Å². The summed E-state index contributed by atoms with van der Waals surface area (Å²) in [5.74, 6) is 11.9. The molecule has 4 N–H and O–H groups in total. The van der Waals surface area contributed by atoms with Crippen molar-refractivity contribution in [3.8, 4) is 11.8 Å². The van der Waals surface area contributed by atoms with E-state index in [1.807, 2.05) is 26.0 Å². The van der Waals surface area contributed by atoms with Crippen molar-refractivity contribution >= 4 is 18.4 Å². The van der Waals surface area contributed by atoms with Gasteiger partial charge in [0.15, 0.2) is 0 Å². The first-order chi connectivity index (χ1) is 7.60. The van der Waals surface area contributed by atoms with E-state index >= 15 is 0 Å². The summed E-state index contributed by atoms with van der Waals surface area (Å²) in [4.78, 5) is 5.92. The molecular weight excluding hydrogens is 238 g/mol. The minimum atomic E-state index is 0. The van der Waals surface area contributed by atoms with Gasteiger partial charge >= 0.3 is 0 Å². The van der Waals surface area contributed by atoms with Crippen molar-refractivity contribution in [2.75, 3.05) is 28.2 Å². The fourth-order valence-electron chi connectivity index (χ4n) is 1.12. The first-order valence-electron chi connectivity index (χ1n) is 5.36. The quantitative estimate of drug-likeness (QED) is 0.207. The first kappa shape index (κ1) is 18.4. The topological polar surface area (TPSA) is 65.7 Å². The fourth-order valence-corrected chi connectivity index (χ4v) is 1.12. The molecule has 0 fully saturated rings. The summed E-state index contributed by atoms with van der Waals surface area (Å²) >= 11 is 0. The molecule has 0 heterocycles. The average molecular weight is 262 g/mol. The number of hydrogen-bond donors (Lipinski definition) is 3. The van der Waals surface area contributed by atoms with E-state index in [-0.39, 0.29) is 12.4 Å². The van der Waals surface area contributed by atoms with E-state index in [1.165, 1.54) is 0 Å². The van der Waals surface area contributed by atoms with Crippen molar-refractivity contribution < 1.29 is 0 Å². The number of hydrogen-bond acceptors (Lipinski definition) is 3. The Labute approximate surface area is 111 Å². The van der Waals surface area contributed by atoms with Crippen LogP contribution in [0.4, 0.5) is 0 Å². The number of nitrogens with one attached hydrogen (secondary N) is 2. The lowest BCUT2D eigenvalue weighted by atomic mass is 10.0. The SMILES string of the molecule is C/N=C(/NN)NC1CC#CCC1.CN(C)C.Cl. The van der Waals surface area contributed by atoms with Crippen molar-refractivity contribution in [2.24, 2.45) is 10.8 Å². The smallest absolute Gasteiger partial charge is 0.205 e. The highest BCUT2D eigenvalue weighted by Gasteiger charge is 2.09. The molecule has 6 heteroatoms. The largest absolute Gasteiger partial charge is 0.352 e. The van der Waals surface area contributed by atoms with Crippen molar-refractivity contribution in [1.29, 1.82) is 0 Å². The number of halogens is 1. The van der Waals surface area contributed by atoms with Gasteiger partial charge in [-0.05, 0) is 27.6 Å². The molecule has 100 valence electrons. The fraction of sp³-hybridized carbons (Fsp3) is 0.727. The highest BCUT2D eigenvalue weighted by atomic mass is 35.5. The summed E-state index contributed by atoms with van der Waals surface area (Å²) in [5.41, 5.74) is 2.49. The van der Waals surface area contributed by atoms with Gasteiger partial charge in [0, 0.05) is 25.9 Å². The van der Waals surface area contributed by atoms with Gasteiger partial charge in [0.2, 0.25) is 5.96 Å². The molecule has 1 aliphatic rings. The maximum absolute atomic E-state index is 5.22. The molecule has 1 unspecified atom stereocenters. The Morgan fingerprint density at radius 3 is 2.29 bits per heavy atom. The number of nitrogens with two attached hydrogens (primary N) is 1. The molecule has 0 saturated heterocycles. The van der Waals surface area contributed by atoms with Crippen LogP contribution in [0.2, 0.25) is 0 Å². The van der Waals surface area contributed by atoms with Crippen LogP contribution in [0.1, 0.15) is 19.3 Å². The molecule has 0 spiro atoms. The predicted octanol–water partition coefficient (Wildman–Crippen LogP) is 0.181. The molecule has 5 nitrogen and oxygen atoms in total. The maximum atomic E-state index is 5.22. The van der Waals surface area contributed by atoms with Crippen LogP contribution in [0.15, 0.2) is 4.99 Å². The van der Waals surface area contributed by atoms with E-state index in [1.54, 1.807) is 7.05 Å². The van der Waals surface area contributed by atoms with Crippen molar-refractivity contribution in [3.05, 3.63) is 0 Å². The van der Waals surface area contributed by atoms with Crippen LogP contribution in [0.25, 0.3) is 0 Å². The lowest BCUT2D eigenvalue weighted by molar-refractivity contribution is 0.505. The Kier molecular flexibility index (Phi) is 12.5. The molecule has 0 amide bonds. The third-order valence-corrected chi connectivity index (χ3v) is 1.79. The molecule has 17 heavy (non-hydrogen) atoms. The van der Waals surface area contributed by atoms with Gasteiger partial charge in [0.1, 0.15) is 0 Å². The number of nitrogens with zero attached hydrogens (tertiary/aromatic N) is 2. The van der Waals surface area contributed by atoms with Gasteiger partial charge in [0.25, 0.3) is 0 Å². The third kappa shape index (κ3) is 11.3. The van der Waals surface area contributed by atoms with E-state index in [2.05, 4.69) is 27.6 Å². The molecule has 1 aliphatic carbocycles. The van der Waals surface area contributed by atoms with Crippen LogP contribution >= 0.6 is 12.4 Å². The summed E-state index contributed by atoms with van der Waals surface area (Å²) < 4.78 is 0. The maximum Gasteiger partial charge on any atom is 0.205 e. The monoisotopic (exact) mass is 261 g/mol. The van der Waals surface area contributed by atoms with Crippen LogP contribution in [-0.2, 0) is 0 Å². The molecule has 0 aromatic carbocycles. The zero-order valence-corrected chi connectivity index (χ0v) is 11.9. The lowest BCUT2D eigenvalue weighted by Crippen LogP contribution is -2.46. The number of rotatable bonds is 1. The van der Waals surface area contributed by atoms with E-state index in [9.17, 15) is 0 Å². The molecular formula is C11H24ClN5. The van der Waals surface area contributed by atoms with Crippen LogP contribution in [0, 0.1) is 11.8 Å². The van der Waals surface area contributed by atoms with Gasteiger partial charge < -0.3 is 10.2 Å². The summed E-state index contributed by atoms with van der Waals surface area (Å²) in [6.07, 6.45) is 2.90. The molecule has 1 atom stereocenters. The van der Waals surface area contributed by atoms with Gasteiger partial charge in [-0.3, -0.25) is 10.4 Å². The predicted molar refractivity (Wildman–Crippen MR) is 76.1 cm³/mol. The van der Waals surface area contributed by atoms with E-state index in [4.69, 9.17) is 5.84 Å². The highest BCUT2D eigenvalue weighted by molar-refractivity contribution is 5.85. The summed E-state index contributed by atoms with van der Waals surface area (Å²) in [6, 6.07) is 0.390. The van der Waals surface area contributed by atoms with Crippen molar-refractivity contribution in [3.63, 3.8) is 0 Å². The second kappa shape index (κ2) is 11.5. The van der Waals surface area contributed by atoms with Gasteiger partial charge in [-0.25, -0.2) is 5.84 Å². The second-order valence-corrected chi connectivity index (χ2v) is 4.00. The Morgan fingerprint density at radius 1 is 1.35 bits per heavy atom. The van der Waals surface area contributed by atoms with Crippen LogP contribution in [-0.4, -0.2) is 45.1 Å². The Bertz CT molecular complexity index is 264. The van der Waals surface area contributed by atoms with E-state index in [0.29, 0.717) is 12.0 Å². The van der Waals surface area contributed by atoms with Gasteiger partial charge in [-0.15, -0.1) is 24.2 Å². The molecule has 0 bridgehead atoms. The van der Waals surface area contributed by atoms with Crippen molar-refractivity contribution in [2.45, 2.75) is 25.3 Å². The molecule has 0 aromatic heterocycles. The molecule has 0 aromatic rings. The number of hydrazine groups is 1. The van der Waals surface area contributed by atoms with Crippen LogP contribution in [0.5, 0.6) is 0 Å². The average Bonchev–Trinajstić information content (AvgIpc) is 2.26. The van der Waals surface area contributed by atoms with Gasteiger partial charge in [0.05, 0.1) is 0 Å². The normalized spacial score (nSPS) is 18.0. The van der Waals surface area contributed by atoms with Gasteiger partial charge in [-0.2, -0.15) is 0 Å². The van der Waals surface area contributed by atoms with Crippen LogP contribution in [0.3, 0.4) is 0 Å². The Morgan fingerprint density at radius 2 is 1.94 bits per heavy atom. The minimum absolute atomic E-state index is 0. The summed E-state index contributed by atoms with van der Waals surface area (Å²) in [7, 11) is 7.69. The number of guanidine groups is 1. The second-order valence-electron chi connectivity index (χ2n) is 4.00. The van der Waals surface area contributed by atoms with E-state index < -0.39 is 0 Å². The third-order valence-electron chi connectivity index (χ3n) is 1.79. The Hall–Kier alpha value is -0.960. The minimum Gasteiger partial charge on any atom is -0.352 e. The summed E-state index contributed by atoms with van der Waals surface area (Å²) in [6.45, 7) is 0. The first-order valence-corrected chi connectivity index (χ1v) is 5.36. The highest BCUT2D eigenvalue weighted by Crippen LogP contribution is 2.04. The standard InChI is InChI=1S/C8H14N4.C3H9N.ClH/c1-10-8(12-9)11-7-5-3-2-4-6-7;1-4(2)3;/h7H,3,5-6,9H2,1H3,(H2,10,11,12);1-3H3;1H. The molecule has 1 rings (SSSR count). The van der Waals surface area contributed by atoms with Gasteiger partial charge in [-0.1, -0.05) is 0 Å².